The molecule has 0 amide bonds. The first-order valence-electron chi connectivity index (χ1n) is 6.32. The first-order chi connectivity index (χ1) is 8.73. The van der Waals surface area contributed by atoms with Crippen molar-refractivity contribution < 1.29 is 13.5 Å². The molecule has 0 aromatic heterocycles. The smallest absolute Gasteiger partial charge is 0.242 e. The molecule has 0 radical (unpaired) electrons. The Labute approximate surface area is 113 Å². The Kier molecular flexibility index (Phi) is 3.59. The van der Waals surface area contributed by atoms with Crippen LogP contribution in [0.15, 0.2) is 17.0 Å². The van der Waals surface area contributed by atoms with Gasteiger partial charge in [0.2, 0.25) is 10.0 Å². The summed E-state index contributed by atoms with van der Waals surface area (Å²) in [6, 6.07) is 3.22. The summed E-state index contributed by atoms with van der Waals surface area (Å²) in [6.07, 6.45) is 2.21. The third-order valence-electron chi connectivity index (χ3n) is 3.79. The SMILES string of the molecule is Cc1cc(N)c(S(=O)(=O)NCC2(O)CCC2)cc1C. The quantitative estimate of drug-likeness (QED) is 0.721. The van der Waals surface area contributed by atoms with Crippen molar-refractivity contribution in [2.45, 2.75) is 43.6 Å². The van der Waals surface area contributed by atoms with Gasteiger partial charge in [-0.05, 0) is 56.4 Å². The van der Waals surface area contributed by atoms with Gasteiger partial charge in [0, 0.05) is 6.54 Å². The number of nitrogen functional groups attached to an aromatic ring is 1. The highest BCUT2D eigenvalue weighted by Gasteiger charge is 2.35. The summed E-state index contributed by atoms with van der Waals surface area (Å²) < 4.78 is 26.8. The van der Waals surface area contributed by atoms with E-state index < -0.39 is 15.6 Å². The fraction of sp³-hybridized carbons (Fsp3) is 0.538. The van der Waals surface area contributed by atoms with Gasteiger partial charge in [0.05, 0.1) is 11.3 Å². The average molecular weight is 284 g/mol. The predicted molar refractivity (Wildman–Crippen MR) is 74.3 cm³/mol. The van der Waals surface area contributed by atoms with E-state index in [1.54, 1.807) is 12.1 Å². The number of aliphatic hydroxyl groups is 1. The minimum absolute atomic E-state index is 0.0434. The second-order valence-corrected chi connectivity index (χ2v) is 7.11. The molecule has 4 N–H and O–H groups in total. The maximum absolute atomic E-state index is 12.2. The lowest BCUT2D eigenvalue weighted by molar-refractivity contribution is -0.0270. The zero-order chi connectivity index (χ0) is 14.3. The van der Waals surface area contributed by atoms with Crippen LogP contribution in [0.2, 0.25) is 0 Å². The number of aryl methyl sites for hydroxylation is 2. The summed E-state index contributed by atoms with van der Waals surface area (Å²) in [6.45, 7) is 3.77. The third-order valence-corrected chi connectivity index (χ3v) is 5.25. The molecule has 0 atom stereocenters. The number of nitrogens with one attached hydrogen (secondary N) is 1. The maximum atomic E-state index is 12.2. The molecule has 0 bridgehead atoms. The molecule has 1 fully saturated rings. The normalized spacial score (nSPS) is 18.1. The number of anilines is 1. The zero-order valence-corrected chi connectivity index (χ0v) is 12.0. The Bertz CT molecular complexity index is 592. The summed E-state index contributed by atoms with van der Waals surface area (Å²) in [4.78, 5) is 0.0820. The van der Waals surface area contributed by atoms with Crippen LogP contribution in [-0.2, 0) is 10.0 Å². The van der Waals surface area contributed by atoms with E-state index in [-0.39, 0.29) is 17.1 Å². The highest BCUT2D eigenvalue weighted by atomic mass is 32.2. The number of nitrogens with two attached hydrogens (primary N) is 1. The second kappa shape index (κ2) is 4.77. The lowest BCUT2D eigenvalue weighted by Gasteiger charge is -2.36. The first-order valence-corrected chi connectivity index (χ1v) is 7.81. The van der Waals surface area contributed by atoms with Gasteiger partial charge < -0.3 is 10.8 Å². The van der Waals surface area contributed by atoms with Gasteiger partial charge in [-0.2, -0.15) is 0 Å². The van der Waals surface area contributed by atoms with Gasteiger partial charge in [-0.15, -0.1) is 0 Å². The topological polar surface area (TPSA) is 92.4 Å². The van der Waals surface area contributed by atoms with E-state index in [0.29, 0.717) is 12.8 Å². The van der Waals surface area contributed by atoms with Crippen molar-refractivity contribution in [3.63, 3.8) is 0 Å². The van der Waals surface area contributed by atoms with Crippen LogP contribution in [0.1, 0.15) is 30.4 Å². The molecule has 0 aliphatic heterocycles. The van der Waals surface area contributed by atoms with Crippen molar-refractivity contribution in [1.29, 1.82) is 0 Å². The van der Waals surface area contributed by atoms with E-state index >= 15 is 0 Å². The Morgan fingerprint density at radius 2 is 1.89 bits per heavy atom. The molecule has 1 saturated carbocycles. The van der Waals surface area contributed by atoms with Crippen LogP contribution >= 0.6 is 0 Å². The van der Waals surface area contributed by atoms with Crippen molar-refractivity contribution in [2.75, 3.05) is 12.3 Å². The molecule has 106 valence electrons. The van der Waals surface area contributed by atoms with Crippen LogP contribution in [-0.4, -0.2) is 25.7 Å². The summed E-state index contributed by atoms with van der Waals surface area (Å²) in [5.41, 5.74) is 6.95. The zero-order valence-electron chi connectivity index (χ0n) is 11.2. The molecule has 1 aromatic rings. The van der Waals surface area contributed by atoms with Crippen LogP contribution in [0.4, 0.5) is 5.69 Å². The predicted octanol–water partition coefficient (Wildman–Crippen LogP) is 1.08. The fourth-order valence-electron chi connectivity index (χ4n) is 2.11. The number of benzene rings is 1. The van der Waals surface area contributed by atoms with Crippen LogP contribution in [0.3, 0.4) is 0 Å². The van der Waals surface area contributed by atoms with Crippen LogP contribution in [0, 0.1) is 13.8 Å². The largest absolute Gasteiger partial charge is 0.398 e. The lowest BCUT2D eigenvalue weighted by Crippen LogP contribution is -2.47. The fourth-order valence-corrected chi connectivity index (χ4v) is 3.43. The molecule has 0 heterocycles. The van der Waals surface area contributed by atoms with Crippen molar-refractivity contribution in [1.82, 2.24) is 4.72 Å². The van der Waals surface area contributed by atoms with E-state index in [0.717, 1.165) is 17.5 Å². The van der Waals surface area contributed by atoms with E-state index in [2.05, 4.69) is 4.72 Å². The Balaban J connectivity index is 2.22. The first kappa shape index (κ1) is 14.3. The van der Waals surface area contributed by atoms with E-state index in [1.165, 1.54) is 0 Å². The molecular weight excluding hydrogens is 264 g/mol. The van der Waals surface area contributed by atoms with Crippen LogP contribution in [0.5, 0.6) is 0 Å². The van der Waals surface area contributed by atoms with Gasteiger partial charge in [0.1, 0.15) is 4.90 Å². The van der Waals surface area contributed by atoms with Crippen molar-refractivity contribution in [2.24, 2.45) is 0 Å². The van der Waals surface area contributed by atoms with Gasteiger partial charge >= 0.3 is 0 Å². The van der Waals surface area contributed by atoms with Crippen molar-refractivity contribution >= 4 is 15.7 Å². The average Bonchev–Trinajstić information content (AvgIpc) is 2.28. The van der Waals surface area contributed by atoms with Gasteiger partial charge in [-0.25, -0.2) is 13.1 Å². The molecular formula is C13H20N2O3S. The standard InChI is InChI=1S/C13H20N2O3S/c1-9-6-11(14)12(7-10(9)2)19(17,18)15-8-13(16)4-3-5-13/h6-7,15-16H,3-5,8,14H2,1-2H3. The summed E-state index contributed by atoms with van der Waals surface area (Å²) >= 11 is 0. The Morgan fingerprint density at radius 1 is 1.32 bits per heavy atom. The maximum Gasteiger partial charge on any atom is 0.242 e. The third kappa shape index (κ3) is 2.91. The molecule has 5 nitrogen and oxygen atoms in total. The number of hydrogen-bond donors (Lipinski definition) is 3. The molecule has 1 aliphatic rings. The van der Waals surface area contributed by atoms with Gasteiger partial charge in [-0.1, -0.05) is 0 Å². The van der Waals surface area contributed by atoms with E-state index in [9.17, 15) is 13.5 Å². The molecule has 1 aliphatic carbocycles. The number of hydrogen-bond acceptors (Lipinski definition) is 4. The van der Waals surface area contributed by atoms with E-state index in [1.807, 2.05) is 13.8 Å². The molecule has 0 spiro atoms. The number of rotatable bonds is 4. The number of sulfonamides is 1. The minimum Gasteiger partial charge on any atom is -0.398 e. The van der Waals surface area contributed by atoms with Crippen LogP contribution in [0.25, 0.3) is 0 Å². The second-order valence-electron chi connectivity index (χ2n) is 5.38. The molecule has 2 rings (SSSR count). The summed E-state index contributed by atoms with van der Waals surface area (Å²) in [7, 11) is -3.67. The summed E-state index contributed by atoms with van der Waals surface area (Å²) in [5, 5.41) is 9.93. The molecule has 1 aromatic carbocycles. The van der Waals surface area contributed by atoms with Crippen molar-refractivity contribution in [3.05, 3.63) is 23.3 Å². The Hall–Kier alpha value is -1.11. The van der Waals surface area contributed by atoms with Crippen LogP contribution < -0.4 is 10.5 Å². The molecule has 0 saturated heterocycles. The van der Waals surface area contributed by atoms with E-state index in [4.69, 9.17) is 5.73 Å². The van der Waals surface area contributed by atoms with Gasteiger partial charge in [0.25, 0.3) is 0 Å². The molecule has 19 heavy (non-hydrogen) atoms. The van der Waals surface area contributed by atoms with Gasteiger partial charge in [-0.3, -0.25) is 0 Å². The van der Waals surface area contributed by atoms with Crippen molar-refractivity contribution in [3.8, 4) is 0 Å². The summed E-state index contributed by atoms with van der Waals surface area (Å²) in [5.74, 6) is 0. The highest BCUT2D eigenvalue weighted by molar-refractivity contribution is 7.89. The minimum atomic E-state index is -3.67. The highest BCUT2D eigenvalue weighted by Crippen LogP contribution is 2.31. The lowest BCUT2D eigenvalue weighted by atomic mass is 9.81. The molecule has 6 heteroatoms. The Morgan fingerprint density at radius 3 is 2.42 bits per heavy atom. The molecule has 0 unspecified atom stereocenters. The monoisotopic (exact) mass is 284 g/mol. The van der Waals surface area contributed by atoms with Gasteiger partial charge in [0.15, 0.2) is 0 Å².